The predicted octanol–water partition coefficient (Wildman–Crippen LogP) is 2.00. The first-order valence-electron chi connectivity index (χ1n) is 7.10. The molecule has 1 fully saturated rings. The molecule has 1 aliphatic rings. The number of carbonyl (C=O) groups is 1. The fourth-order valence-electron chi connectivity index (χ4n) is 2.33. The molecule has 1 N–H and O–H groups in total. The van der Waals surface area contributed by atoms with Gasteiger partial charge < -0.3 is 10.2 Å². The summed E-state index contributed by atoms with van der Waals surface area (Å²) in [6, 6.07) is 4.28. The van der Waals surface area contributed by atoms with Crippen LogP contribution in [0.3, 0.4) is 0 Å². The number of aromatic nitrogens is 3. The summed E-state index contributed by atoms with van der Waals surface area (Å²) < 4.78 is 2.00. The van der Waals surface area contributed by atoms with E-state index in [0.717, 1.165) is 17.1 Å². The first kappa shape index (κ1) is 13.6. The van der Waals surface area contributed by atoms with E-state index in [1.54, 1.807) is 18.6 Å². The molecule has 6 heteroatoms. The SMILES string of the molecule is Cc1c(NC(=O)CN(C)c2ccncc2)cnn1C1CC1. The number of anilines is 2. The third-order valence-electron chi connectivity index (χ3n) is 3.70. The van der Waals surface area contributed by atoms with Crippen LogP contribution in [0.15, 0.2) is 30.7 Å². The van der Waals surface area contributed by atoms with E-state index in [1.807, 2.05) is 35.7 Å². The van der Waals surface area contributed by atoms with E-state index >= 15 is 0 Å². The molecule has 1 saturated carbocycles. The molecule has 0 aliphatic heterocycles. The summed E-state index contributed by atoms with van der Waals surface area (Å²) in [7, 11) is 1.88. The Hall–Kier alpha value is -2.37. The third-order valence-corrected chi connectivity index (χ3v) is 3.70. The number of nitrogens with one attached hydrogen (secondary N) is 1. The zero-order valence-electron chi connectivity index (χ0n) is 12.3. The van der Waals surface area contributed by atoms with Crippen LogP contribution in [-0.4, -0.2) is 34.3 Å². The van der Waals surface area contributed by atoms with E-state index < -0.39 is 0 Å². The van der Waals surface area contributed by atoms with Crippen LogP contribution in [0.5, 0.6) is 0 Å². The molecule has 3 rings (SSSR count). The van der Waals surface area contributed by atoms with Crippen LogP contribution in [0.25, 0.3) is 0 Å². The van der Waals surface area contributed by atoms with E-state index in [-0.39, 0.29) is 12.5 Å². The molecule has 1 amide bonds. The second kappa shape index (κ2) is 5.55. The molecule has 6 nitrogen and oxygen atoms in total. The van der Waals surface area contributed by atoms with E-state index in [2.05, 4.69) is 15.4 Å². The monoisotopic (exact) mass is 285 g/mol. The maximum Gasteiger partial charge on any atom is 0.243 e. The van der Waals surface area contributed by atoms with E-state index in [9.17, 15) is 4.79 Å². The molecular formula is C15H19N5O. The lowest BCUT2D eigenvalue weighted by Gasteiger charge is -2.18. The third kappa shape index (κ3) is 3.04. The van der Waals surface area contributed by atoms with Crippen molar-refractivity contribution in [3.05, 3.63) is 36.4 Å². The van der Waals surface area contributed by atoms with Gasteiger partial charge >= 0.3 is 0 Å². The van der Waals surface area contributed by atoms with Gasteiger partial charge in [-0.25, -0.2) is 0 Å². The number of nitrogens with zero attached hydrogens (tertiary/aromatic N) is 4. The van der Waals surface area contributed by atoms with Crippen molar-refractivity contribution in [3.63, 3.8) is 0 Å². The molecule has 0 atom stereocenters. The van der Waals surface area contributed by atoms with E-state index in [4.69, 9.17) is 0 Å². The van der Waals surface area contributed by atoms with Crippen LogP contribution in [0.2, 0.25) is 0 Å². The average molecular weight is 285 g/mol. The average Bonchev–Trinajstić information content (AvgIpc) is 3.26. The Bertz CT molecular complexity index is 633. The first-order chi connectivity index (χ1) is 10.1. The second-order valence-corrected chi connectivity index (χ2v) is 5.43. The molecule has 2 heterocycles. The van der Waals surface area contributed by atoms with Gasteiger partial charge in [0.05, 0.1) is 30.2 Å². The highest BCUT2D eigenvalue weighted by Gasteiger charge is 2.26. The maximum absolute atomic E-state index is 12.1. The minimum absolute atomic E-state index is 0.0484. The van der Waals surface area contributed by atoms with Crippen molar-refractivity contribution >= 4 is 17.3 Å². The standard InChI is InChI=1S/C15H19N5O/c1-11-14(9-17-20(11)13-3-4-13)18-15(21)10-19(2)12-5-7-16-8-6-12/h5-9,13H,3-4,10H2,1-2H3,(H,18,21). The zero-order chi connectivity index (χ0) is 14.8. The number of carbonyl (C=O) groups excluding carboxylic acids is 1. The van der Waals surface area contributed by atoms with Crippen molar-refractivity contribution in [2.45, 2.75) is 25.8 Å². The van der Waals surface area contributed by atoms with Gasteiger partial charge in [0.25, 0.3) is 0 Å². The topological polar surface area (TPSA) is 63.1 Å². The van der Waals surface area contributed by atoms with Crippen LogP contribution >= 0.6 is 0 Å². The molecule has 110 valence electrons. The summed E-state index contributed by atoms with van der Waals surface area (Å²) in [6.07, 6.45) is 7.53. The van der Waals surface area contributed by atoms with Crippen molar-refractivity contribution in [2.24, 2.45) is 0 Å². The number of hydrogen-bond donors (Lipinski definition) is 1. The minimum atomic E-state index is -0.0484. The number of pyridine rings is 1. The van der Waals surface area contributed by atoms with Gasteiger partial charge in [-0.2, -0.15) is 5.10 Å². The Morgan fingerprint density at radius 3 is 2.81 bits per heavy atom. The summed E-state index contributed by atoms with van der Waals surface area (Å²) in [6.45, 7) is 2.28. The van der Waals surface area contributed by atoms with Crippen LogP contribution < -0.4 is 10.2 Å². The molecule has 0 saturated heterocycles. The summed E-state index contributed by atoms with van der Waals surface area (Å²) in [5.41, 5.74) is 2.79. The molecule has 1 aliphatic carbocycles. The highest BCUT2D eigenvalue weighted by Crippen LogP contribution is 2.36. The predicted molar refractivity (Wildman–Crippen MR) is 81.4 cm³/mol. The Balaban J connectivity index is 1.61. The fourth-order valence-corrected chi connectivity index (χ4v) is 2.33. The molecule has 21 heavy (non-hydrogen) atoms. The Labute approximate surface area is 123 Å². The normalized spacial score (nSPS) is 14.0. The van der Waals surface area contributed by atoms with Crippen molar-refractivity contribution in [3.8, 4) is 0 Å². The van der Waals surface area contributed by atoms with Gasteiger partial charge in [0.15, 0.2) is 0 Å². The van der Waals surface area contributed by atoms with Gasteiger partial charge in [-0.3, -0.25) is 14.5 Å². The molecule has 2 aromatic heterocycles. The van der Waals surface area contributed by atoms with E-state index in [1.165, 1.54) is 12.8 Å². The molecule has 0 spiro atoms. The van der Waals surface area contributed by atoms with Gasteiger partial charge in [-0.1, -0.05) is 0 Å². The summed E-state index contributed by atoms with van der Waals surface area (Å²) in [4.78, 5) is 18.0. The van der Waals surface area contributed by atoms with E-state index in [0.29, 0.717) is 6.04 Å². The van der Waals surface area contributed by atoms with Crippen molar-refractivity contribution < 1.29 is 4.79 Å². The Morgan fingerprint density at radius 1 is 1.43 bits per heavy atom. The highest BCUT2D eigenvalue weighted by molar-refractivity contribution is 5.94. The number of amides is 1. The first-order valence-corrected chi connectivity index (χ1v) is 7.10. The molecule has 2 aromatic rings. The van der Waals surface area contributed by atoms with Crippen molar-refractivity contribution in [2.75, 3.05) is 23.8 Å². The van der Waals surface area contributed by atoms with Crippen LogP contribution in [0.1, 0.15) is 24.6 Å². The maximum atomic E-state index is 12.1. The largest absolute Gasteiger partial charge is 0.365 e. The fraction of sp³-hybridized carbons (Fsp3) is 0.400. The Morgan fingerprint density at radius 2 is 2.14 bits per heavy atom. The summed E-state index contributed by atoms with van der Waals surface area (Å²) in [5.74, 6) is -0.0484. The number of rotatable bonds is 5. The van der Waals surface area contributed by atoms with Crippen LogP contribution in [0.4, 0.5) is 11.4 Å². The smallest absolute Gasteiger partial charge is 0.243 e. The van der Waals surface area contributed by atoms with Gasteiger partial charge in [-0.05, 0) is 31.9 Å². The van der Waals surface area contributed by atoms with Crippen molar-refractivity contribution in [1.29, 1.82) is 0 Å². The van der Waals surface area contributed by atoms with Crippen molar-refractivity contribution in [1.82, 2.24) is 14.8 Å². The lowest BCUT2D eigenvalue weighted by molar-refractivity contribution is -0.114. The Kier molecular flexibility index (Phi) is 3.60. The molecule has 0 unspecified atom stereocenters. The highest BCUT2D eigenvalue weighted by atomic mass is 16.2. The lowest BCUT2D eigenvalue weighted by atomic mass is 10.3. The number of hydrogen-bond acceptors (Lipinski definition) is 4. The second-order valence-electron chi connectivity index (χ2n) is 5.43. The quantitative estimate of drug-likeness (QED) is 0.912. The lowest BCUT2D eigenvalue weighted by Crippen LogP contribution is -2.30. The van der Waals surface area contributed by atoms with Gasteiger partial charge in [0.2, 0.25) is 5.91 Å². The van der Waals surface area contributed by atoms with Gasteiger partial charge in [0, 0.05) is 25.1 Å². The van der Waals surface area contributed by atoms with Crippen LogP contribution in [-0.2, 0) is 4.79 Å². The summed E-state index contributed by atoms with van der Waals surface area (Å²) in [5, 5.41) is 7.28. The zero-order valence-corrected chi connectivity index (χ0v) is 12.3. The molecule has 0 bridgehead atoms. The molecule has 0 radical (unpaired) electrons. The van der Waals surface area contributed by atoms with Gasteiger partial charge in [0.1, 0.15) is 0 Å². The van der Waals surface area contributed by atoms with Gasteiger partial charge in [-0.15, -0.1) is 0 Å². The minimum Gasteiger partial charge on any atom is -0.365 e. The van der Waals surface area contributed by atoms with Crippen LogP contribution in [0, 0.1) is 6.92 Å². The molecule has 0 aromatic carbocycles. The molecular weight excluding hydrogens is 266 g/mol. The summed E-state index contributed by atoms with van der Waals surface area (Å²) >= 11 is 0. The number of likely N-dealkylation sites (N-methyl/N-ethyl adjacent to an activating group) is 1.